The number of aromatic nitrogens is 1. The number of hydrogen-bond donors (Lipinski definition) is 0. The quantitative estimate of drug-likeness (QED) is 0.188. The zero-order chi connectivity index (χ0) is 23.1. The van der Waals surface area contributed by atoms with Gasteiger partial charge in [-0.05, 0) is 36.4 Å². The Bertz CT molecular complexity index is 2190. The Balaban J connectivity index is 1.60. The predicted molar refractivity (Wildman–Crippen MR) is 142 cm³/mol. The predicted octanol–water partition coefficient (Wildman–Crippen LogP) is 7.94. The van der Waals surface area contributed by atoms with Gasteiger partial charge in [-0.1, -0.05) is 66.7 Å². The molecule has 0 saturated heterocycles. The van der Waals surface area contributed by atoms with Gasteiger partial charge >= 0.3 is 5.63 Å². The van der Waals surface area contributed by atoms with E-state index >= 15 is 0 Å². The Hall–Kier alpha value is -4.83. The number of benzene rings is 5. The first-order chi connectivity index (χ1) is 17.3. The lowest BCUT2D eigenvalue weighted by Crippen LogP contribution is -2.00. The molecule has 0 saturated carbocycles. The number of rotatable bonds is 1. The molecule has 0 aliphatic rings. The van der Waals surface area contributed by atoms with Gasteiger partial charge in [0, 0.05) is 32.3 Å². The Kier molecular flexibility index (Phi) is 3.51. The average molecular weight is 451 g/mol. The van der Waals surface area contributed by atoms with Crippen molar-refractivity contribution in [3.05, 3.63) is 114 Å². The highest BCUT2D eigenvalue weighted by molar-refractivity contribution is 6.18. The second kappa shape index (κ2) is 6.61. The standard InChI is InChI=1S/C31H17NO3/c33-31-24-16-23-18-8-1-4-12-25(18)32(27(23)17-22(24)20-10-3-6-15-29(20)35-31)26-13-7-11-21-19-9-2-5-14-28(19)34-30(21)26/h1-17H. The molecule has 35 heavy (non-hydrogen) atoms. The van der Waals surface area contributed by atoms with E-state index in [4.69, 9.17) is 8.83 Å². The lowest BCUT2D eigenvalue weighted by atomic mass is 10.0. The third-order valence-corrected chi connectivity index (χ3v) is 7.04. The van der Waals surface area contributed by atoms with Crippen LogP contribution in [0.25, 0.3) is 71.2 Å². The van der Waals surface area contributed by atoms with E-state index in [-0.39, 0.29) is 5.63 Å². The van der Waals surface area contributed by atoms with Gasteiger partial charge in [0.05, 0.1) is 22.1 Å². The van der Waals surface area contributed by atoms with Gasteiger partial charge in [0.2, 0.25) is 0 Å². The van der Waals surface area contributed by atoms with Crippen LogP contribution in [0.1, 0.15) is 0 Å². The van der Waals surface area contributed by atoms with Crippen LogP contribution < -0.4 is 5.63 Å². The molecular weight excluding hydrogens is 434 g/mol. The van der Waals surface area contributed by atoms with Crippen molar-refractivity contribution in [1.29, 1.82) is 0 Å². The highest BCUT2D eigenvalue weighted by Crippen LogP contribution is 2.39. The molecule has 0 aliphatic carbocycles. The van der Waals surface area contributed by atoms with Crippen molar-refractivity contribution in [2.45, 2.75) is 0 Å². The van der Waals surface area contributed by atoms with Crippen LogP contribution in [-0.4, -0.2) is 4.57 Å². The van der Waals surface area contributed by atoms with Crippen molar-refractivity contribution < 1.29 is 8.83 Å². The summed E-state index contributed by atoms with van der Waals surface area (Å²) in [6.07, 6.45) is 0. The smallest absolute Gasteiger partial charge is 0.344 e. The minimum Gasteiger partial charge on any atom is -0.454 e. The number of fused-ring (bicyclic) bond motifs is 9. The van der Waals surface area contributed by atoms with Crippen molar-refractivity contribution in [3.63, 3.8) is 0 Å². The normalized spacial score (nSPS) is 12.1. The Morgan fingerprint density at radius 2 is 1.14 bits per heavy atom. The number of nitrogens with zero attached hydrogens (tertiary/aromatic N) is 1. The summed E-state index contributed by atoms with van der Waals surface area (Å²) in [5.74, 6) is 0. The fourth-order valence-electron chi connectivity index (χ4n) is 5.51. The van der Waals surface area contributed by atoms with E-state index in [0.29, 0.717) is 11.0 Å². The Labute approximate surface area is 198 Å². The summed E-state index contributed by atoms with van der Waals surface area (Å²) in [6.45, 7) is 0. The maximum Gasteiger partial charge on any atom is 0.344 e. The monoisotopic (exact) mass is 451 g/mol. The fraction of sp³-hybridized carbons (Fsp3) is 0. The van der Waals surface area contributed by atoms with Crippen molar-refractivity contribution in [3.8, 4) is 5.69 Å². The summed E-state index contributed by atoms with van der Waals surface area (Å²) >= 11 is 0. The van der Waals surface area contributed by atoms with Crippen LogP contribution in [0.5, 0.6) is 0 Å². The van der Waals surface area contributed by atoms with Crippen LogP contribution in [0.2, 0.25) is 0 Å². The van der Waals surface area contributed by atoms with E-state index in [2.05, 4.69) is 47.0 Å². The molecule has 5 aromatic carbocycles. The summed E-state index contributed by atoms with van der Waals surface area (Å²) in [4.78, 5) is 12.9. The Morgan fingerprint density at radius 3 is 1.97 bits per heavy atom. The first-order valence-corrected chi connectivity index (χ1v) is 11.6. The maximum atomic E-state index is 12.9. The van der Waals surface area contributed by atoms with Gasteiger partial charge in [0.25, 0.3) is 0 Å². The lowest BCUT2D eigenvalue weighted by Gasteiger charge is -2.09. The molecule has 0 radical (unpaired) electrons. The van der Waals surface area contributed by atoms with Crippen molar-refractivity contribution in [1.82, 2.24) is 4.57 Å². The molecule has 0 unspecified atom stereocenters. The van der Waals surface area contributed by atoms with Crippen LogP contribution in [0, 0.1) is 0 Å². The lowest BCUT2D eigenvalue weighted by molar-refractivity contribution is 0.570. The molecule has 0 amide bonds. The molecule has 4 heteroatoms. The van der Waals surface area contributed by atoms with Gasteiger partial charge < -0.3 is 13.4 Å². The van der Waals surface area contributed by atoms with Gasteiger partial charge in [-0.3, -0.25) is 0 Å². The van der Waals surface area contributed by atoms with E-state index in [0.717, 1.165) is 60.2 Å². The van der Waals surface area contributed by atoms with E-state index in [1.807, 2.05) is 60.7 Å². The molecule has 0 spiro atoms. The summed E-state index contributed by atoms with van der Waals surface area (Å²) < 4.78 is 14.3. The van der Waals surface area contributed by atoms with E-state index in [1.54, 1.807) is 0 Å². The van der Waals surface area contributed by atoms with Gasteiger partial charge in [0.1, 0.15) is 11.2 Å². The highest BCUT2D eigenvalue weighted by Gasteiger charge is 2.19. The molecule has 0 fully saturated rings. The third kappa shape index (κ3) is 2.43. The molecular formula is C31H17NO3. The minimum atomic E-state index is -0.322. The molecule has 3 heterocycles. The topological polar surface area (TPSA) is 48.3 Å². The molecule has 8 rings (SSSR count). The average Bonchev–Trinajstić information content (AvgIpc) is 3.43. The van der Waals surface area contributed by atoms with Crippen LogP contribution in [0.4, 0.5) is 0 Å². The molecule has 8 aromatic rings. The molecule has 4 nitrogen and oxygen atoms in total. The number of furan rings is 1. The van der Waals surface area contributed by atoms with Crippen LogP contribution in [0.3, 0.4) is 0 Å². The maximum absolute atomic E-state index is 12.9. The molecule has 0 atom stereocenters. The van der Waals surface area contributed by atoms with Crippen molar-refractivity contribution >= 4 is 65.5 Å². The van der Waals surface area contributed by atoms with E-state index < -0.39 is 0 Å². The van der Waals surface area contributed by atoms with Gasteiger partial charge in [-0.15, -0.1) is 0 Å². The SMILES string of the molecule is O=c1oc2ccccc2c2cc3c(cc12)c1ccccc1n3-c1cccc2c1oc1ccccc12. The largest absolute Gasteiger partial charge is 0.454 e. The van der Waals surface area contributed by atoms with Gasteiger partial charge in [-0.25, -0.2) is 4.79 Å². The third-order valence-electron chi connectivity index (χ3n) is 7.04. The molecule has 0 bridgehead atoms. The van der Waals surface area contributed by atoms with Crippen LogP contribution >= 0.6 is 0 Å². The summed E-state index contributed by atoms with van der Waals surface area (Å²) in [5.41, 5.74) is 5.01. The first kappa shape index (κ1) is 18.6. The second-order valence-corrected chi connectivity index (χ2v) is 8.91. The summed E-state index contributed by atoms with van der Waals surface area (Å²) in [7, 11) is 0. The summed E-state index contributed by atoms with van der Waals surface area (Å²) in [5, 5.41) is 6.64. The van der Waals surface area contributed by atoms with Crippen LogP contribution in [-0.2, 0) is 0 Å². The molecule has 0 N–H and O–H groups in total. The van der Waals surface area contributed by atoms with Gasteiger partial charge in [0.15, 0.2) is 5.58 Å². The second-order valence-electron chi connectivity index (χ2n) is 8.91. The zero-order valence-corrected chi connectivity index (χ0v) is 18.5. The zero-order valence-electron chi connectivity index (χ0n) is 18.5. The number of hydrogen-bond acceptors (Lipinski definition) is 3. The van der Waals surface area contributed by atoms with Gasteiger partial charge in [-0.2, -0.15) is 0 Å². The van der Waals surface area contributed by atoms with Crippen molar-refractivity contribution in [2.75, 3.05) is 0 Å². The van der Waals surface area contributed by atoms with Crippen LogP contribution in [0.15, 0.2) is 117 Å². The minimum absolute atomic E-state index is 0.322. The first-order valence-electron chi connectivity index (χ1n) is 11.6. The van der Waals surface area contributed by atoms with Crippen molar-refractivity contribution in [2.24, 2.45) is 0 Å². The van der Waals surface area contributed by atoms with E-state index in [1.165, 1.54) is 0 Å². The van der Waals surface area contributed by atoms with E-state index in [9.17, 15) is 4.79 Å². The Morgan fingerprint density at radius 1 is 0.486 bits per heavy atom. The molecule has 0 aliphatic heterocycles. The molecule has 164 valence electrons. The fourth-order valence-corrected chi connectivity index (χ4v) is 5.51. The number of para-hydroxylation sites is 4. The summed E-state index contributed by atoms with van der Waals surface area (Å²) in [6, 6.07) is 34.5. The highest BCUT2D eigenvalue weighted by atomic mass is 16.4. The molecule has 3 aromatic heterocycles.